The van der Waals surface area contributed by atoms with Crippen LogP contribution < -0.4 is 5.32 Å². The Balaban J connectivity index is 2.31. The molecule has 18 heavy (non-hydrogen) atoms. The molecule has 0 aromatic rings. The van der Waals surface area contributed by atoms with E-state index in [0.29, 0.717) is 12.5 Å². The third-order valence-electron chi connectivity index (χ3n) is 3.69. The second-order valence-electron chi connectivity index (χ2n) is 5.63. The van der Waals surface area contributed by atoms with Crippen LogP contribution in [0.4, 0.5) is 0 Å². The Morgan fingerprint density at radius 2 is 1.83 bits per heavy atom. The summed E-state index contributed by atoms with van der Waals surface area (Å²) in [6.45, 7) is 2.20. The molecule has 1 rings (SSSR count). The van der Waals surface area contributed by atoms with Crippen LogP contribution in [0.3, 0.4) is 0 Å². The normalized spacial score (nSPS) is 21.7. The number of hydrogen-bond donors (Lipinski definition) is 2. The Morgan fingerprint density at radius 3 is 2.39 bits per heavy atom. The molecule has 0 spiro atoms. The van der Waals surface area contributed by atoms with Crippen molar-refractivity contribution in [2.45, 2.75) is 57.5 Å². The maximum absolute atomic E-state index is 11.8. The van der Waals surface area contributed by atoms with Gasteiger partial charge in [0.05, 0.1) is 6.61 Å². The van der Waals surface area contributed by atoms with Gasteiger partial charge in [0.1, 0.15) is 0 Å². The molecule has 0 saturated heterocycles. The van der Waals surface area contributed by atoms with Gasteiger partial charge in [-0.15, -0.1) is 0 Å². The zero-order valence-electron chi connectivity index (χ0n) is 11.7. The summed E-state index contributed by atoms with van der Waals surface area (Å²) in [4.78, 5) is 11.8. The number of carbonyl (C=O) groups excluding carboxylic acids is 1. The molecule has 0 heterocycles. The predicted octanol–water partition coefficient (Wildman–Crippen LogP) is 1.86. The van der Waals surface area contributed by atoms with Crippen LogP contribution in [0.1, 0.15) is 51.9 Å². The summed E-state index contributed by atoms with van der Waals surface area (Å²) in [7, 11) is 1.48. The molecular formula is C14H27NO3. The van der Waals surface area contributed by atoms with Crippen LogP contribution in [0.25, 0.3) is 0 Å². The molecule has 1 aliphatic carbocycles. The highest BCUT2D eigenvalue weighted by atomic mass is 16.5. The molecule has 1 fully saturated rings. The molecule has 1 atom stereocenters. The molecular weight excluding hydrogens is 230 g/mol. The van der Waals surface area contributed by atoms with Crippen molar-refractivity contribution in [3.05, 3.63) is 0 Å². The molecule has 2 N–H and O–H groups in total. The first kappa shape index (κ1) is 15.4. The van der Waals surface area contributed by atoms with Gasteiger partial charge in [0.25, 0.3) is 5.91 Å². The lowest BCUT2D eigenvalue weighted by molar-refractivity contribution is -0.143. The van der Waals surface area contributed by atoms with Gasteiger partial charge in [0.15, 0.2) is 5.60 Å². The summed E-state index contributed by atoms with van der Waals surface area (Å²) in [5.41, 5.74) is -1.42. The summed E-state index contributed by atoms with van der Waals surface area (Å²) in [5, 5.41) is 12.7. The molecule has 106 valence electrons. The minimum absolute atomic E-state index is 0.0312. The van der Waals surface area contributed by atoms with Gasteiger partial charge in [-0.1, -0.05) is 32.1 Å². The predicted molar refractivity (Wildman–Crippen MR) is 71.3 cm³/mol. The topological polar surface area (TPSA) is 58.6 Å². The fourth-order valence-electron chi connectivity index (χ4n) is 2.52. The van der Waals surface area contributed by atoms with Crippen LogP contribution in [0.15, 0.2) is 0 Å². The molecule has 1 aliphatic rings. The van der Waals surface area contributed by atoms with Crippen molar-refractivity contribution in [1.29, 1.82) is 0 Å². The van der Waals surface area contributed by atoms with E-state index in [2.05, 4.69) is 5.32 Å². The molecule has 1 amide bonds. The van der Waals surface area contributed by atoms with Crippen LogP contribution in [-0.2, 0) is 9.53 Å². The van der Waals surface area contributed by atoms with Crippen LogP contribution in [0.2, 0.25) is 0 Å². The molecule has 1 saturated carbocycles. The number of carbonyl (C=O) groups is 1. The number of ether oxygens (including phenoxy) is 1. The Labute approximate surface area is 110 Å². The number of aliphatic hydroxyl groups is 1. The van der Waals surface area contributed by atoms with E-state index < -0.39 is 5.60 Å². The van der Waals surface area contributed by atoms with E-state index in [1.54, 1.807) is 0 Å². The lowest BCUT2D eigenvalue weighted by Gasteiger charge is -2.24. The van der Waals surface area contributed by atoms with Crippen molar-refractivity contribution in [2.24, 2.45) is 5.92 Å². The average molecular weight is 257 g/mol. The summed E-state index contributed by atoms with van der Waals surface area (Å²) in [5.74, 6) is 0.235. The SMILES string of the molecule is COC[C@@](C)(O)C(=O)NCC1CCCCCCC1. The van der Waals surface area contributed by atoms with Gasteiger partial charge in [0.2, 0.25) is 0 Å². The Bertz CT molecular complexity index is 245. The summed E-state index contributed by atoms with van der Waals surface area (Å²) >= 11 is 0. The number of rotatable bonds is 5. The second kappa shape index (κ2) is 7.74. The number of methoxy groups -OCH3 is 1. The standard InChI is InChI=1S/C14H27NO3/c1-14(17,11-18-2)13(16)15-10-12-8-6-4-3-5-7-9-12/h12,17H,3-11H2,1-2H3,(H,15,16)/t14-/m1/s1. The van der Waals surface area contributed by atoms with Crippen LogP contribution in [-0.4, -0.2) is 36.9 Å². The maximum Gasteiger partial charge on any atom is 0.254 e. The van der Waals surface area contributed by atoms with E-state index in [4.69, 9.17) is 4.74 Å². The van der Waals surface area contributed by atoms with Crippen molar-refractivity contribution in [3.8, 4) is 0 Å². The fraction of sp³-hybridized carbons (Fsp3) is 0.929. The molecule has 0 bridgehead atoms. The minimum atomic E-state index is -1.42. The third kappa shape index (κ3) is 5.36. The van der Waals surface area contributed by atoms with Gasteiger partial charge in [-0.05, 0) is 25.7 Å². The van der Waals surface area contributed by atoms with Crippen molar-refractivity contribution >= 4 is 5.91 Å². The van der Waals surface area contributed by atoms with Gasteiger partial charge < -0.3 is 15.2 Å². The molecule has 4 nitrogen and oxygen atoms in total. The lowest BCUT2D eigenvalue weighted by atomic mass is 9.91. The first-order valence-corrected chi connectivity index (χ1v) is 7.06. The Hall–Kier alpha value is -0.610. The Morgan fingerprint density at radius 1 is 1.28 bits per heavy atom. The summed E-state index contributed by atoms with van der Waals surface area (Å²) in [6, 6.07) is 0. The van der Waals surface area contributed by atoms with Crippen LogP contribution >= 0.6 is 0 Å². The highest BCUT2D eigenvalue weighted by Gasteiger charge is 2.30. The van der Waals surface area contributed by atoms with Gasteiger partial charge in [-0.3, -0.25) is 4.79 Å². The number of hydrogen-bond acceptors (Lipinski definition) is 3. The van der Waals surface area contributed by atoms with Crippen molar-refractivity contribution in [1.82, 2.24) is 5.32 Å². The fourth-order valence-corrected chi connectivity index (χ4v) is 2.52. The smallest absolute Gasteiger partial charge is 0.254 e. The van der Waals surface area contributed by atoms with E-state index in [-0.39, 0.29) is 12.5 Å². The van der Waals surface area contributed by atoms with E-state index in [1.165, 1.54) is 59.0 Å². The van der Waals surface area contributed by atoms with Gasteiger partial charge in [-0.25, -0.2) is 0 Å². The zero-order valence-corrected chi connectivity index (χ0v) is 11.7. The van der Waals surface area contributed by atoms with E-state index >= 15 is 0 Å². The maximum atomic E-state index is 11.8. The van der Waals surface area contributed by atoms with E-state index in [0.717, 1.165) is 0 Å². The number of nitrogens with one attached hydrogen (secondary N) is 1. The molecule has 0 aromatic heterocycles. The van der Waals surface area contributed by atoms with Crippen molar-refractivity contribution in [3.63, 3.8) is 0 Å². The van der Waals surface area contributed by atoms with Crippen molar-refractivity contribution < 1.29 is 14.6 Å². The third-order valence-corrected chi connectivity index (χ3v) is 3.69. The first-order chi connectivity index (χ1) is 8.56. The first-order valence-electron chi connectivity index (χ1n) is 7.06. The molecule has 0 aliphatic heterocycles. The quantitative estimate of drug-likeness (QED) is 0.790. The Kier molecular flexibility index (Phi) is 6.65. The van der Waals surface area contributed by atoms with Gasteiger partial charge in [0, 0.05) is 13.7 Å². The molecule has 0 unspecified atom stereocenters. The lowest BCUT2D eigenvalue weighted by Crippen LogP contribution is -2.48. The average Bonchev–Trinajstić information content (AvgIpc) is 2.27. The number of amides is 1. The second-order valence-corrected chi connectivity index (χ2v) is 5.63. The molecule has 0 radical (unpaired) electrons. The van der Waals surface area contributed by atoms with Crippen LogP contribution in [0.5, 0.6) is 0 Å². The summed E-state index contributed by atoms with van der Waals surface area (Å²) < 4.78 is 4.85. The minimum Gasteiger partial charge on any atom is -0.381 e. The monoisotopic (exact) mass is 257 g/mol. The van der Waals surface area contributed by atoms with E-state index in [9.17, 15) is 9.90 Å². The van der Waals surface area contributed by atoms with E-state index in [1.807, 2.05) is 0 Å². The summed E-state index contributed by atoms with van der Waals surface area (Å²) in [6.07, 6.45) is 8.86. The van der Waals surface area contributed by atoms with Crippen LogP contribution in [0, 0.1) is 5.92 Å². The highest BCUT2D eigenvalue weighted by Crippen LogP contribution is 2.21. The largest absolute Gasteiger partial charge is 0.381 e. The molecule has 4 heteroatoms. The van der Waals surface area contributed by atoms with Gasteiger partial charge >= 0.3 is 0 Å². The van der Waals surface area contributed by atoms with Gasteiger partial charge in [-0.2, -0.15) is 0 Å². The zero-order chi connectivity index (χ0) is 13.4. The highest BCUT2D eigenvalue weighted by molar-refractivity contribution is 5.84. The van der Waals surface area contributed by atoms with Crippen molar-refractivity contribution in [2.75, 3.05) is 20.3 Å². The molecule has 0 aromatic carbocycles.